The molecule has 1 unspecified atom stereocenters. The van der Waals surface area contributed by atoms with Crippen LogP contribution < -0.4 is 10.6 Å². The van der Waals surface area contributed by atoms with Gasteiger partial charge in [0.1, 0.15) is 5.76 Å². The number of thiophene rings is 1. The molecule has 0 aliphatic heterocycles. The molecule has 0 fully saturated rings. The molecule has 2 heterocycles. The van der Waals surface area contributed by atoms with Crippen LogP contribution in [0.3, 0.4) is 0 Å². The average Bonchev–Trinajstić information content (AvgIpc) is 2.97. The summed E-state index contributed by atoms with van der Waals surface area (Å²) in [4.78, 5) is 12.2. The summed E-state index contributed by atoms with van der Waals surface area (Å²) < 4.78 is 5.32. The van der Waals surface area contributed by atoms with Gasteiger partial charge in [-0.05, 0) is 30.5 Å². The minimum Gasteiger partial charge on any atom is -0.469 e. The maximum Gasteiger partial charge on any atom is 0.221 e. The first kappa shape index (κ1) is 13.8. The van der Waals surface area contributed by atoms with Crippen LogP contribution in [0.15, 0.2) is 34.3 Å². The topological polar surface area (TPSA) is 54.3 Å². The number of rotatable bonds is 6. The van der Waals surface area contributed by atoms with E-state index in [2.05, 4.69) is 17.6 Å². The van der Waals surface area contributed by atoms with Gasteiger partial charge in [0, 0.05) is 30.8 Å². The van der Waals surface area contributed by atoms with E-state index in [9.17, 15) is 4.79 Å². The van der Waals surface area contributed by atoms with E-state index < -0.39 is 0 Å². The average molecular weight is 278 g/mol. The molecular weight excluding hydrogens is 260 g/mol. The minimum absolute atomic E-state index is 0.0386. The van der Waals surface area contributed by atoms with E-state index in [4.69, 9.17) is 4.42 Å². The zero-order valence-electron chi connectivity index (χ0n) is 11.1. The molecule has 0 spiro atoms. The Kier molecular flexibility index (Phi) is 4.76. The van der Waals surface area contributed by atoms with Crippen molar-refractivity contribution in [2.75, 3.05) is 5.32 Å². The molecule has 2 rings (SSSR count). The third-order valence-electron chi connectivity index (χ3n) is 2.75. The first-order valence-corrected chi connectivity index (χ1v) is 7.13. The van der Waals surface area contributed by atoms with Gasteiger partial charge in [0.05, 0.1) is 12.0 Å². The Hall–Kier alpha value is -1.59. The standard InChI is InChI=1S/C14H18N2O2S/c1-10(8-12-4-3-6-18-12)15-9-14-13(5-7-19-14)16-11(2)17/h3-7,10,15H,8-9H2,1-2H3,(H,16,17). The molecule has 2 aromatic heterocycles. The Labute approximate surface area is 116 Å². The minimum atomic E-state index is -0.0386. The predicted octanol–water partition coefficient (Wildman–Crippen LogP) is 3.02. The zero-order valence-corrected chi connectivity index (χ0v) is 11.9. The molecule has 0 radical (unpaired) electrons. The van der Waals surface area contributed by atoms with Crippen molar-refractivity contribution in [1.29, 1.82) is 0 Å². The Balaban J connectivity index is 1.84. The van der Waals surface area contributed by atoms with Crippen molar-refractivity contribution in [3.05, 3.63) is 40.5 Å². The Bertz CT molecular complexity index is 519. The van der Waals surface area contributed by atoms with Crippen LogP contribution in [0.25, 0.3) is 0 Å². The SMILES string of the molecule is CC(=O)Nc1ccsc1CNC(C)Cc1ccco1. The highest BCUT2D eigenvalue weighted by Crippen LogP contribution is 2.22. The first-order chi connectivity index (χ1) is 9.15. The van der Waals surface area contributed by atoms with Crippen LogP contribution in [-0.4, -0.2) is 11.9 Å². The summed E-state index contributed by atoms with van der Waals surface area (Å²) in [6.07, 6.45) is 2.55. The number of carbonyl (C=O) groups excluding carboxylic acids is 1. The fraction of sp³-hybridized carbons (Fsp3) is 0.357. The fourth-order valence-electron chi connectivity index (χ4n) is 1.85. The molecule has 1 amide bonds. The Morgan fingerprint density at radius 2 is 2.32 bits per heavy atom. The van der Waals surface area contributed by atoms with E-state index in [0.717, 1.165) is 29.3 Å². The van der Waals surface area contributed by atoms with E-state index in [1.165, 1.54) is 6.92 Å². The number of furan rings is 1. The number of nitrogens with one attached hydrogen (secondary N) is 2. The van der Waals surface area contributed by atoms with E-state index in [1.807, 2.05) is 23.6 Å². The van der Waals surface area contributed by atoms with Crippen molar-refractivity contribution in [2.45, 2.75) is 32.9 Å². The molecule has 2 N–H and O–H groups in total. The second kappa shape index (κ2) is 6.54. The summed E-state index contributed by atoms with van der Waals surface area (Å²) in [5.74, 6) is 0.941. The molecule has 5 heteroatoms. The number of hydrogen-bond donors (Lipinski definition) is 2. The summed E-state index contributed by atoms with van der Waals surface area (Å²) in [7, 11) is 0. The maximum absolute atomic E-state index is 11.1. The highest BCUT2D eigenvalue weighted by atomic mass is 32.1. The van der Waals surface area contributed by atoms with Gasteiger partial charge in [0.2, 0.25) is 5.91 Å². The van der Waals surface area contributed by atoms with Crippen LogP contribution >= 0.6 is 11.3 Å². The van der Waals surface area contributed by atoms with Gasteiger partial charge >= 0.3 is 0 Å². The molecule has 0 aliphatic carbocycles. The third kappa shape index (κ3) is 4.22. The summed E-state index contributed by atoms with van der Waals surface area (Å²) >= 11 is 1.64. The molecule has 4 nitrogen and oxygen atoms in total. The summed E-state index contributed by atoms with van der Waals surface area (Å²) in [5, 5.41) is 8.26. The van der Waals surface area contributed by atoms with Crippen molar-refractivity contribution in [1.82, 2.24) is 5.32 Å². The van der Waals surface area contributed by atoms with Crippen molar-refractivity contribution in [2.24, 2.45) is 0 Å². The van der Waals surface area contributed by atoms with Crippen LogP contribution in [-0.2, 0) is 17.8 Å². The Morgan fingerprint density at radius 3 is 3.00 bits per heavy atom. The molecule has 19 heavy (non-hydrogen) atoms. The summed E-state index contributed by atoms with van der Waals surface area (Å²) in [5.41, 5.74) is 0.898. The van der Waals surface area contributed by atoms with Crippen molar-refractivity contribution >= 4 is 22.9 Å². The number of carbonyl (C=O) groups is 1. The van der Waals surface area contributed by atoms with E-state index in [0.29, 0.717) is 6.04 Å². The van der Waals surface area contributed by atoms with Gasteiger partial charge in [-0.3, -0.25) is 4.79 Å². The molecule has 0 aliphatic rings. The summed E-state index contributed by atoms with van der Waals surface area (Å²) in [6.45, 7) is 4.39. The molecular formula is C14H18N2O2S. The molecule has 1 atom stereocenters. The van der Waals surface area contributed by atoms with E-state index in [1.54, 1.807) is 17.6 Å². The van der Waals surface area contributed by atoms with Crippen molar-refractivity contribution < 1.29 is 9.21 Å². The monoisotopic (exact) mass is 278 g/mol. The van der Waals surface area contributed by atoms with Crippen molar-refractivity contribution in [3.8, 4) is 0 Å². The number of hydrogen-bond acceptors (Lipinski definition) is 4. The van der Waals surface area contributed by atoms with Gasteiger partial charge in [-0.2, -0.15) is 0 Å². The lowest BCUT2D eigenvalue weighted by Crippen LogP contribution is -2.27. The summed E-state index contributed by atoms with van der Waals surface area (Å²) in [6, 6.07) is 6.13. The normalized spacial score (nSPS) is 12.3. The van der Waals surface area contributed by atoms with Gasteiger partial charge in [-0.25, -0.2) is 0 Å². The van der Waals surface area contributed by atoms with Gasteiger partial charge < -0.3 is 15.1 Å². The highest BCUT2D eigenvalue weighted by molar-refractivity contribution is 7.10. The second-order valence-corrected chi connectivity index (χ2v) is 5.50. The van der Waals surface area contributed by atoms with Gasteiger partial charge in [-0.15, -0.1) is 11.3 Å². The lowest BCUT2D eigenvalue weighted by Gasteiger charge is -2.12. The Morgan fingerprint density at radius 1 is 1.47 bits per heavy atom. The highest BCUT2D eigenvalue weighted by Gasteiger charge is 2.09. The van der Waals surface area contributed by atoms with Crippen LogP contribution in [0, 0.1) is 0 Å². The van der Waals surface area contributed by atoms with E-state index >= 15 is 0 Å². The van der Waals surface area contributed by atoms with Crippen LogP contribution in [0.1, 0.15) is 24.5 Å². The van der Waals surface area contributed by atoms with Crippen molar-refractivity contribution in [3.63, 3.8) is 0 Å². The zero-order chi connectivity index (χ0) is 13.7. The van der Waals surface area contributed by atoms with Gasteiger partial charge in [-0.1, -0.05) is 0 Å². The second-order valence-electron chi connectivity index (χ2n) is 4.50. The molecule has 2 aromatic rings. The van der Waals surface area contributed by atoms with Gasteiger partial charge in [0.25, 0.3) is 0 Å². The number of anilines is 1. The molecule has 0 saturated heterocycles. The smallest absolute Gasteiger partial charge is 0.221 e. The third-order valence-corrected chi connectivity index (χ3v) is 3.68. The predicted molar refractivity (Wildman–Crippen MR) is 77.3 cm³/mol. The quantitative estimate of drug-likeness (QED) is 0.854. The number of amides is 1. The molecule has 0 saturated carbocycles. The first-order valence-electron chi connectivity index (χ1n) is 6.25. The van der Waals surface area contributed by atoms with Crippen LogP contribution in [0.5, 0.6) is 0 Å². The van der Waals surface area contributed by atoms with E-state index in [-0.39, 0.29) is 5.91 Å². The molecule has 0 bridgehead atoms. The molecule has 0 aromatic carbocycles. The fourth-order valence-corrected chi connectivity index (χ4v) is 2.63. The lowest BCUT2D eigenvalue weighted by atomic mass is 10.2. The molecule has 102 valence electrons. The largest absolute Gasteiger partial charge is 0.469 e. The van der Waals surface area contributed by atoms with Crippen LogP contribution in [0.4, 0.5) is 5.69 Å². The van der Waals surface area contributed by atoms with Crippen LogP contribution in [0.2, 0.25) is 0 Å². The van der Waals surface area contributed by atoms with Gasteiger partial charge in [0.15, 0.2) is 0 Å². The maximum atomic E-state index is 11.1. The lowest BCUT2D eigenvalue weighted by molar-refractivity contribution is -0.114.